The van der Waals surface area contributed by atoms with Crippen molar-refractivity contribution in [1.82, 2.24) is 4.98 Å². The molecule has 1 aromatic heterocycles. The van der Waals surface area contributed by atoms with Gasteiger partial charge in [-0.25, -0.2) is 4.39 Å². The van der Waals surface area contributed by atoms with Crippen molar-refractivity contribution in [1.29, 1.82) is 0 Å². The number of halogens is 7. The highest BCUT2D eigenvalue weighted by Crippen LogP contribution is 2.41. The average molecular weight is 625 g/mol. The number of ketones is 1. The molecule has 0 amide bonds. The average Bonchev–Trinajstić information content (AvgIpc) is 2.94. The Labute approximate surface area is 249 Å². The van der Waals surface area contributed by atoms with Crippen molar-refractivity contribution >= 4 is 17.4 Å². The van der Waals surface area contributed by atoms with E-state index in [9.17, 15) is 45.4 Å². The predicted molar refractivity (Wildman–Crippen MR) is 150 cm³/mol. The molecule has 0 bridgehead atoms. The Kier molecular flexibility index (Phi) is 9.14. The number of Topliss-reactive ketones (excluding diaryl/α,β-unsaturated/α-hetero) is 1. The Morgan fingerprint density at radius 2 is 1.43 bits per heavy atom. The van der Waals surface area contributed by atoms with Crippen LogP contribution in [0.15, 0.2) is 48.7 Å². The lowest BCUT2D eigenvalue weighted by atomic mass is 9.79. The number of aryl methyl sites for hydroxylation is 1. The van der Waals surface area contributed by atoms with Gasteiger partial charge >= 0.3 is 18.3 Å². The number of nitrogens with one attached hydrogen (secondary N) is 1. The van der Waals surface area contributed by atoms with Gasteiger partial charge in [0.15, 0.2) is 5.78 Å². The first-order valence-corrected chi connectivity index (χ1v) is 13.9. The number of aromatic nitrogens is 1. The van der Waals surface area contributed by atoms with Gasteiger partial charge in [0.1, 0.15) is 5.82 Å². The maximum Gasteiger partial charge on any atom is 0.416 e. The Balaban J connectivity index is 1.65. The summed E-state index contributed by atoms with van der Waals surface area (Å²) in [6.07, 6.45) is -6.47. The summed E-state index contributed by atoms with van der Waals surface area (Å²) >= 11 is 0. The second-order valence-electron chi connectivity index (χ2n) is 11.7. The van der Waals surface area contributed by atoms with E-state index in [1.165, 1.54) is 32.2 Å². The number of rotatable bonds is 8. The lowest BCUT2D eigenvalue weighted by molar-refractivity contribution is -0.144. The number of alkyl halides is 6. The molecule has 236 valence electrons. The summed E-state index contributed by atoms with van der Waals surface area (Å²) < 4.78 is 94.7. The van der Waals surface area contributed by atoms with Crippen LogP contribution in [0.4, 0.5) is 36.4 Å². The SMILES string of the molecule is Cc1cc(F)ccc1-c1cc(C2CCC(C(=O)O)CC2)ncc1NCC(=O)C(C)(C)c1cc(C(F)(F)F)cc(C(F)(F)F)c1. The molecule has 1 aliphatic rings. The van der Waals surface area contributed by atoms with Crippen molar-refractivity contribution in [2.24, 2.45) is 5.92 Å². The third-order valence-electron chi connectivity index (χ3n) is 8.34. The van der Waals surface area contributed by atoms with E-state index in [-0.39, 0.29) is 12.0 Å². The van der Waals surface area contributed by atoms with E-state index < -0.39 is 64.5 Å². The largest absolute Gasteiger partial charge is 0.481 e. The molecule has 1 fully saturated rings. The quantitative estimate of drug-likeness (QED) is 0.246. The summed E-state index contributed by atoms with van der Waals surface area (Å²) in [6.45, 7) is 3.75. The minimum absolute atomic E-state index is 0.0149. The fourth-order valence-electron chi connectivity index (χ4n) is 5.50. The molecule has 0 aliphatic heterocycles. The maximum atomic E-state index is 13.9. The molecule has 0 spiro atoms. The number of carboxylic acid groups (broad SMARTS) is 1. The van der Waals surface area contributed by atoms with Gasteiger partial charge in [-0.3, -0.25) is 14.6 Å². The van der Waals surface area contributed by atoms with Crippen molar-refractivity contribution < 1.29 is 45.4 Å². The van der Waals surface area contributed by atoms with E-state index in [2.05, 4.69) is 10.3 Å². The van der Waals surface area contributed by atoms with Crippen LogP contribution in [0.1, 0.15) is 73.4 Å². The first kappa shape index (κ1) is 32.9. The van der Waals surface area contributed by atoms with Gasteiger partial charge in [-0.1, -0.05) is 6.07 Å². The summed E-state index contributed by atoms with van der Waals surface area (Å²) in [5.41, 5.74) is -2.39. The van der Waals surface area contributed by atoms with Crippen LogP contribution < -0.4 is 5.32 Å². The van der Waals surface area contributed by atoms with Crippen LogP contribution in [-0.2, 0) is 27.4 Å². The van der Waals surface area contributed by atoms with Gasteiger partial charge in [-0.2, -0.15) is 26.3 Å². The summed E-state index contributed by atoms with van der Waals surface area (Å²) in [4.78, 5) is 29.3. The molecular weight excluding hydrogens is 593 g/mol. The van der Waals surface area contributed by atoms with Crippen LogP contribution >= 0.6 is 0 Å². The van der Waals surface area contributed by atoms with Gasteiger partial charge in [-0.05, 0) is 99.5 Å². The number of hydrogen-bond acceptors (Lipinski definition) is 4. The van der Waals surface area contributed by atoms with Gasteiger partial charge in [0.05, 0.1) is 40.9 Å². The number of carbonyl (C=O) groups excluding carboxylic acids is 1. The second-order valence-corrected chi connectivity index (χ2v) is 11.7. The zero-order valence-electron chi connectivity index (χ0n) is 24.2. The minimum atomic E-state index is -5.06. The molecule has 5 nitrogen and oxygen atoms in total. The molecule has 2 aromatic carbocycles. The molecule has 1 aliphatic carbocycles. The number of aliphatic carboxylic acids is 1. The highest BCUT2D eigenvalue weighted by atomic mass is 19.4. The lowest BCUT2D eigenvalue weighted by Gasteiger charge is -2.27. The first-order valence-electron chi connectivity index (χ1n) is 13.9. The van der Waals surface area contributed by atoms with Crippen molar-refractivity contribution in [2.45, 2.75) is 70.1 Å². The molecule has 3 aromatic rings. The molecule has 0 unspecified atom stereocenters. The Morgan fingerprint density at radius 3 is 1.95 bits per heavy atom. The third kappa shape index (κ3) is 7.22. The number of benzene rings is 2. The van der Waals surface area contributed by atoms with E-state index in [0.717, 1.165) is 0 Å². The highest BCUT2D eigenvalue weighted by molar-refractivity contribution is 5.93. The van der Waals surface area contributed by atoms with Gasteiger partial charge < -0.3 is 10.4 Å². The Morgan fingerprint density at radius 1 is 0.864 bits per heavy atom. The third-order valence-corrected chi connectivity index (χ3v) is 8.34. The fourth-order valence-corrected chi connectivity index (χ4v) is 5.50. The number of nitrogens with zero attached hydrogens (tertiary/aromatic N) is 1. The molecule has 12 heteroatoms. The normalized spacial score (nSPS) is 17.8. The Bertz CT molecular complexity index is 1520. The van der Waals surface area contributed by atoms with Crippen molar-refractivity contribution in [3.05, 3.63) is 82.4 Å². The zero-order valence-corrected chi connectivity index (χ0v) is 24.2. The van der Waals surface area contributed by atoms with Crippen molar-refractivity contribution in [3.8, 4) is 11.1 Å². The van der Waals surface area contributed by atoms with Crippen LogP contribution in [-0.4, -0.2) is 28.4 Å². The maximum absolute atomic E-state index is 13.9. The summed E-state index contributed by atoms with van der Waals surface area (Å²) in [7, 11) is 0. The molecule has 1 saturated carbocycles. The van der Waals surface area contributed by atoms with E-state index >= 15 is 0 Å². The van der Waals surface area contributed by atoms with E-state index in [4.69, 9.17) is 0 Å². The number of pyridine rings is 1. The second kappa shape index (κ2) is 12.2. The van der Waals surface area contributed by atoms with Crippen molar-refractivity contribution in [3.63, 3.8) is 0 Å². The monoisotopic (exact) mass is 624 g/mol. The van der Waals surface area contributed by atoms with E-state index in [1.54, 1.807) is 19.1 Å². The van der Waals surface area contributed by atoms with Crippen LogP contribution in [0.3, 0.4) is 0 Å². The van der Waals surface area contributed by atoms with E-state index in [0.29, 0.717) is 65.9 Å². The molecule has 0 saturated heterocycles. The lowest BCUT2D eigenvalue weighted by Crippen LogP contribution is -2.35. The fraction of sp³-hybridized carbons (Fsp3) is 0.406. The molecule has 1 heterocycles. The number of carbonyl (C=O) groups is 2. The summed E-state index contributed by atoms with van der Waals surface area (Å²) in [5, 5.41) is 12.3. The van der Waals surface area contributed by atoms with Crippen LogP contribution in [0.5, 0.6) is 0 Å². The zero-order chi connectivity index (χ0) is 32.6. The molecule has 0 radical (unpaired) electrons. The van der Waals surface area contributed by atoms with Crippen LogP contribution in [0.2, 0.25) is 0 Å². The topological polar surface area (TPSA) is 79.3 Å². The predicted octanol–water partition coefficient (Wildman–Crippen LogP) is 8.55. The van der Waals surface area contributed by atoms with E-state index in [1.807, 2.05) is 0 Å². The summed E-state index contributed by atoms with van der Waals surface area (Å²) in [5.74, 6) is -2.43. The Hall–Kier alpha value is -3.96. The highest BCUT2D eigenvalue weighted by Gasteiger charge is 2.40. The van der Waals surface area contributed by atoms with Crippen molar-refractivity contribution in [2.75, 3.05) is 11.9 Å². The molecule has 0 atom stereocenters. The first-order chi connectivity index (χ1) is 20.4. The number of anilines is 1. The van der Waals surface area contributed by atoms with Gasteiger partial charge in [0, 0.05) is 17.2 Å². The smallest absolute Gasteiger partial charge is 0.416 e. The minimum Gasteiger partial charge on any atom is -0.481 e. The molecule has 44 heavy (non-hydrogen) atoms. The number of carboxylic acids is 1. The molecular formula is C32H31F7N2O3. The van der Waals surface area contributed by atoms with Gasteiger partial charge in [-0.15, -0.1) is 0 Å². The van der Waals surface area contributed by atoms with Gasteiger partial charge in [0.25, 0.3) is 0 Å². The number of hydrogen-bond donors (Lipinski definition) is 2. The van der Waals surface area contributed by atoms with Crippen LogP contribution in [0, 0.1) is 18.7 Å². The summed E-state index contributed by atoms with van der Waals surface area (Å²) in [6, 6.07) is 7.06. The molecule has 2 N–H and O–H groups in total. The molecule has 4 rings (SSSR count). The standard InChI is InChI=1S/C32H31F7N2O3/c1-17-10-23(33)8-9-24(17)25-14-26(18-4-6-19(7-5-18)29(43)44)40-15-27(25)41-16-28(42)30(2,3)20-11-21(31(34,35)36)13-22(12-20)32(37,38)39/h8-15,18-19,41H,4-7,16H2,1-3H3,(H,43,44). The van der Waals surface area contributed by atoms with Crippen LogP contribution in [0.25, 0.3) is 11.1 Å². The van der Waals surface area contributed by atoms with Gasteiger partial charge in [0.2, 0.25) is 0 Å².